The normalized spacial score (nSPS) is 16.4. The van der Waals surface area contributed by atoms with Gasteiger partial charge in [0.05, 0.1) is 5.56 Å². The summed E-state index contributed by atoms with van der Waals surface area (Å²) in [5, 5.41) is 3.66. The van der Waals surface area contributed by atoms with Crippen LogP contribution in [0.1, 0.15) is 17.3 Å². The molecule has 1 aromatic rings. The first-order valence-corrected chi connectivity index (χ1v) is 5.52. The Balaban J connectivity index is 2.08. The van der Waals surface area contributed by atoms with Gasteiger partial charge >= 0.3 is 5.97 Å². The van der Waals surface area contributed by atoms with E-state index in [4.69, 9.17) is 4.84 Å². The lowest BCUT2D eigenvalue weighted by Gasteiger charge is -2.05. The average molecular weight is 259 g/mol. The third-order valence-corrected chi connectivity index (χ3v) is 2.48. The van der Waals surface area contributed by atoms with Crippen molar-refractivity contribution in [1.29, 1.82) is 0 Å². The van der Waals surface area contributed by atoms with Crippen molar-refractivity contribution in [3.8, 4) is 0 Å². The number of allylic oxidation sites excluding steroid dienone is 4. The Morgan fingerprint density at radius 1 is 1.21 bits per heavy atom. The van der Waals surface area contributed by atoms with Crippen molar-refractivity contribution < 1.29 is 18.8 Å². The monoisotopic (exact) mass is 259 g/mol. The smallest absolute Gasteiger partial charge is 0.312 e. The fourth-order valence-electron chi connectivity index (χ4n) is 1.46. The number of carbonyl (C=O) groups is 2. The van der Waals surface area contributed by atoms with Crippen LogP contribution in [0.2, 0.25) is 0 Å². The number of ketones is 1. The quantitative estimate of drug-likeness (QED) is 0.465. The van der Waals surface area contributed by atoms with Crippen LogP contribution >= 0.6 is 0 Å². The number of halogens is 1. The van der Waals surface area contributed by atoms with E-state index in [1.807, 2.05) is 0 Å². The van der Waals surface area contributed by atoms with E-state index >= 15 is 0 Å². The van der Waals surface area contributed by atoms with Crippen molar-refractivity contribution in [2.45, 2.75) is 6.92 Å². The number of nitrogens with zero attached hydrogens (tertiary/aromatic N) is 1. The summed E-state index contributed by atoms with van der Waals surface area (Å²) in [5.41, 5.74) is 1.21. The van der Waals surface area contributed by atoms with E-state index in [0.717, 1.165) is 12.1 Å². The molecule has 0 unspecified atom stereocenters. The minimum absolute atomic E-state index is 0.138. The van der Waals surface area contributed by atoms with Gasteiger partial charge in [-0.1, -0.05) is 5.16 Å². The lowest BCUT2D eigenvalue weighted by Crippen LogP contribution is -2.08. The maximum Gasteiger partial charge on any atom is 0.365 e. The second kappa shape index (κ2) is 5.39. The van der Waals surface area contributed by atoms with E-state index in [-0.39, 0.29) is 11.3 Å². The summed E-state index contributed by atoms with van der Waals surface area (Å²) in [7, 11) is 0. The van der Waals surface area contributed by atoms with Gasteiger partial charge in [0.1, 0.15) is 11.5 Å². The van der Waals surface area contributed by atoms with Gasteiger partial charge in [0.25, 0.3) is 0 Å². The van der Waals surface area contributed by atoms with Gasteiger partial charge in [-0.05, 0) is 55.0 Å². The molecule has 0 spiro atoms. The molecule has 0 fully saturated rings. The lowest BCUT2D eigenvalue weighted by molar-refractivity contribution is -0.110. The fourth-order valence-corrected chi connectivity index (χ4v) is 1.46. The van der Waals surface area contributed by atoms with Crippen LogP contribution in [0.5, 0.6) is 0 Å². The number of rotatable bonds is 2. The van der Waals surface area contributed by atoms with Gasteiger partial charge in [0, 0.05) is 0 Å². The zero-order valence-electron chi connectivity index (χ0n) is 10.1. The summed E-state index contributed by atoms with van der Waals surface area (Å²) < 4.78 is 12.7. The van der Waals surface area contributed by atoms with Gasteiger partial charge in [0.15, 0.2) is 5.78 Å². The summed E-state index contributed by atoms with van der Waals surface area (Å²) in [6.45, 7) is 1.69. The molecule has 2 rings (SSSR count). The van der Waals surface area contributed by atoms with Crippen LogP contribution in [0.3, 0.4) is 0 Å². The predicted molar refractivity (Wildman–Crippen MR) is 67.2 cm³/mol. The molecule has 1 aromatic carbocycles. The van der Waals surface area contributed by atoms with Gasteiger partial charge in [-0.15, -0.1) is 0 Å². The van der Waals surface area contributed by atoms with Crippen LogP contribution in [0.15, 0.2) is 53.2 Å². The molecule has 0 radical (unpaired) electrons. The third-order valence-electron chi connectivity index (χ3n) is 2.48. The predicted octanol–water partition coefficient (Wildman–Crippen LogP) is 2.42. The average Bonchev–Trinajstić information content (AvgIpc) is 2.38. The first kappa shape index (κ1) is 12.9. The number of benzene rings is 1. The molecule has 1 aliphatic carbocycles. The number of oxime groups is 1. The largest absolute Gasteiger partial charge is 0.365 e. The minimum Gasteiger partial charge on any atom is -0.312 e. The molecule has 0 saturated heterocycles. The third kappa shape index (κ3) is 3.22. The minimum atomic E-state index is -0.689. The van der Waals surface area contributed by atoms with E-state index in [9.17, 15) is 14.0 Å². The Morgan fingerprint density at radius 3 is 2.53 bits per heavy atom. The van der Waals surface area contributed by atoms with Crippen LogP contribution in [-0.2, 0) is 9.63 Å². The molecular formula is C14H10FNO3. The van der Waals surface area contributed by atoms with Gasteiger partial charge in [-0.25, -0.2) is 9.18 Å². The number of carbonyl (C=O) groups excluding carboxylic acids is 2. The Morgan fingerprint density at radius 2 is 1.89 bits per heavy atom. The molecule has 0 N–H and O–H groups in total. The van der Waals surface area contributed by atoms with Crippen LogP contribution in [0.25, 0.3) is 0 Å². The maximum absolute atomic E-state index is 12.7. The molecule has 1 aliphatic rings. The standard InChI is InChI=1S/C14H10FNO3/c1-9-8-12(17)6-7-13(9)16-19-14(18)10-2-4-11(15)5-3-10/h2-8H,1H3/b16-13-. The summed E-state index contributed by atoms with van der Waals surface area (Å²) in [6, 6.07) is 4.93. The van der Waals surface area contributed by atoms with E-state index in [0.29, 0.717) is 11.3 Å². The topological polar surface area (TPSA) is 55.7 Å². The van der Waals surface area contributed by atoms with Crippen molar-refractivity contribution in [3.63, 3.8) is 0 Å². The van der Waals surface area contributed by atoms with Crippen molar-refractivity contribution in [1.82, 2.24) is 0 Å². The van der Waals surface area contributed by atoms with E-state index < -0.39 is 11.8 Å². The molecule has 0 heterocycles. The fraction of sp³-hybridized carbons (Fsp3) is 0.0714. The summed E-state index contributed by atoms with van der Waals surface area (Å²) in [5.74, 6) is -1.26. The Bertz CT molecular complexity index is 612. The van der Waals surface area contributed by atoms with Crippen molar-refractivity contribution in [3.05, 3.63) is 59.4 Å². The highest BCUT2D eigenvalue weighted by Gasteiger charge is 2.10. The summed E-state index contributed by atoms with van der Waals surface area (Å²) >= 11 is 0. The molecule has 0 aliphatic heterocycles. The van der Waals surface area contributed by atoms with E-state index in [1.165, 1.54) is 30.4 Å². The molecule has 0 bridgehead atoms. The molecule has 0 atom stereocenters. The molecule has 5 heteroatoms. The van der Waals surface area contributed by atoms with Crippen molar-refractivity contribution >= 4 is 17.5 Å². The van der Waals surface area contributed by atoms with Gasteiger partial charge in [-0.3, -0.25) is 4.79 Å². The first-order chi connectivity index (χ1) is 9.06. The molecule has 0 amide bonds. The first-order valence-electron chi connectivity index (χ1n) is 5.52. The second-order valence-electron chi connectivity index (χ2n) is 3.93. The van der Waals surface area contributed by atoms with E-state index in [1.54, 1.807) is 6.92 Å². The Labute approximate surface area is 108 Å². The molecule has 0 saturated carbocycles. The Hall–Kier alpha value is -2.56. The highest BCUT2D eigenvalue weighted by atomic mass is 19.1. The molecule has 4 nitrogen and oxygen atoms in total. The van der Waals surface area contributed by atoms with Crippen molar-refractivity contribution in [2.24, 2.45) is 5.16 Å². The van der Waals surface area contributed by atoms with Crippen LogP contribution in [0.4, 0.5) is 4.39 Å². The van der Waals surface area contributed by atoms with Crippen molar-refractivity contribution in [2.75, 3.05) is 0 Å². The highest BCUT2D eigenvalue weighted by molar-refractivity contribution is 6.19. The van der Waals surface area contributed by atoms with Crippen LogP contribution in [0, 0.1) is 5.82 Å². The number of hydrogen-bond donors (Lipinski definition) is 0. The summed E-state index contributed by atoms with van der Waals surface area (Å²) in [6.07, 6.45) is 4.19. The molecule has 19 heavy (non-hydrogen) atoms. The zero-order chi connectivity index (χ0) is 13.8. The van der Waals surface area contributed by atoms with Crippen LogP contribution in [-0.4, -0.2) is 17.5 Å². The van der Waals surface area contributed by atoms with Gasteiger partial charge in [0.2, 0.25) is 0 Å². The van der Waals surface area contributed by atoms with E-state index in [2.05, 4.69) is 5.16 Å². The maximum atomic E-state index is 12.7. The number of hydrogen-bond acceptors (Lipinski definition) is 4. The zero-order valence-corrected chi connectivity index (χ0v) is 10.1. The summed E-state index contributed by atoms with van der Waals surface area (Å²) in [4.78, 5) is 27.4. The SMILES string of the molecule is CC1=CC(=O)C=C/C1=N/OC(=O)c1ccc(F)cc1. The lowest BCUT2D eigenvalue weighted by atomic mass is 10.1. The molecule has 96 valence electrons. The van der Waals surface area contributed by atoms with Gasteiger partial charge < -0.3 is 4.84 Å². The molecule has 0 aromatic heterocycles. The van der Waals surface area contributed by atoms with Gasteiger partial charge in [-0.2, -0.15) is 0 Å². The highest BCUT2D eigenvalue weighted by Crippen LogP contribution is 2.08. The second-order valence-corrected chi connectivity index (χ2v) is 3.93. The van der Waals surface area contributed by atoms with Crippen LogP contribution < -0.4 is 0 Å². The molecular weight excluding hydrogens is 249 g/mol. The Kier molecular flexibility index (Phi) is 3.66.